The summed E-state index contributed by atoms with van der Waals surface area (Å²) in [7, 11) is -3.68. The summed E-state index contributed by atoms with van der Waals surface area (Å²) < 4.78 is 45.9. The van der Waals surface area contributed by atoms with Crippen LogP contribution >= 0.6 is 12.2 Å². The van der Waals surface area contributed by atoms with Crippen LogP contribution in [0.4, 0.5) is 4.39 Å². The number of hydrogen-bond donors (Lipinski definition) is 2. The summed E-state index contributed by atoms with van der Waals surface area (Å²) in [4.78, 5) is 23.9. The molecule has 0 saturated carbocycles. The SMILES string of the molecule is O=C1NC(=S)NC(=O)C1=Cc1ccc(OC2CCN(S(=O)(=O)c3ccc(F)cc3)CC2)cc1. The van der Waals surface area contributed by atoms with Crippen LogP contribution in [0.2, 0.25) is 0 Å². The zero-order chi connectivity index (χ0) is 23.6. The quantitative estimate of drug-likeness (QED) is 0.378. The van der Waals surface area contributed by atoms with E-state index in [9.17, 15) is 22.4 Å². The molecule has 0 aliphatic carbocycles. The molecule has 2 heterocycles. The molecule has 2 aromatic rings. The van der Waals surface area contributed by atoms with E-state index >= 15 is 0 Å². The van der Waals surface area contributed by atoms with Crippen LogP contribution in [-0.4, -0.2) is 48.8 Å². The van der Waals surface area contributed by atoms with Gasteiger partial charge in [0.05, 0.1) is 4.90 Å². The Labute approximate surface area is 195 Å². The van der Waals surface area contributed by atoms with Gasteiger partial charge in [-0.05, 0) is 73.1 Å². The van der Waals surface area contributed by atoms with Crippen molar-refractivity contribution in [3.05, 3.63) is 65.5 Å². The fourth-order valence-corrected chi connectivity index (χ4v) is 5.21. The Balaban J connectivity index is 1.35. The molecular formula is C22H20FN3O5S2. The standard InChI is InChI=1S/C22H20FN3O5S2/c23-15-3-7-18(8-4-15)33(29,30)26-11-9-17(10-12-26)31-16-5-1-14(2-6-16)13-19-20(27)24-22(32)25-21(19)28/h1-8,13,17H,9-12H2,(H2,24,25,27,28,32). The highest BCUT2D eigenvalue weighted by Gasteiger charge is 2.30. The molecule has 0 bridgehead atoms. The molecule has 2 aromatic carbocycles. The third-order valence-corrected chi connectivity index (χ3v) is 7.41. The number of nitrogens with one attached hydrogen (secondary N) is 2. The molecule has 2 aliphatic heterocycles. The maximum Gasteiger partial charge on any atom is 0.263 e. The zero-order valence-corrected chi connectivity index (χ0v) is 18.9. The van der Waals surface area contributed by atoms with E-state index < -0.39 is 27.7 Å². The van der Waals surface area contributed by atoms with E-state index in [1.165, 1.54) is 22.5 Å². The Hall–Kier alpha value is -3.15. The normalized spacial score (nSPS) is 18.0. The molecule has 0 unspecified atom stereocenters. The van der Waals surface area contributed by atoms with Gasteiger partial charge in [-0.3, -0.25) is 20.2 Å². The molecule has 2 saturated heterocycles. The van der Waals surface area contributed by atoms with Gasteiger partial charge in [0.25, 0.3) is 11.8 Å². The van der Waals surface area contributed by atoms with E-state index in [4.69, 9.17) is 17.0 Å². The van der Waals surface area contributed by atoms with Crippen LogP contribution in [0, 0.1) is 5.82 Å². The average molecular weight is 490 g/mol. The summed E-state index contributed by atoms with van der Waals surface area (Å²) >= 11 is 4.77. The lowest BCUT2D eigenvalue weighted by Gasteiger charge is -2.31. The molecule has 2 N–H and O–H groups in total. The second kappa shape index (κ2) is 9.38. The van der Waals surface area contributed by atoms with Crippen LogP contribution in [-0.2, 0) is 19.6 Å². The molecule has 2 amide bonds. The molecule has 0 aromatic heterocycles. The van der Waals surface area contributed by atoms with E-state index in [0.717, 1.165) is 12.1 Å². The first-order chi connectivity index (χ1) is 15.7. The minimum Gasteiger partial charge on any atom is -0.490 e. The molecule has 0 atom stereocenters. The molecule has 8 nitrogen and oxygen atoms in total. The number of thiocarbonyl (C=S) groups is 1. The van der Waals surface area contributed by atoms with E-state index in [0.29, 0.717) is 37.2 Å². The van der Waals surface area contributed by atoms with Crippen molar-refractivity contribution in [1.29, 1.82) is 0 Å². The van der Waals surface area contributed by atoms with Gasteiger partial charge in [-0.1, -0.05) is 12.1 Å². The van der Waals surface area contributed by atoms with Crippen molar-refractivity contribution < 1.29 is 27.1 Å². The summed E-state index contributed by atoms with van der Waals surface area (Å²) in [5, 5.41) is 4.73. The third kappa shape index (κ3) is 5.27. The van der Waals surface area contributed by atoms with Crippen molar-refractivity contribution in [2.45, 2.75) is 23.8 Å². The topological polar surface area (TPSA) is 105 Å². The number of amides is 2. The predicted molar refractivity (Wildman–Crippen MR) is 122 cm³/mol. The van der Waals surface area contributed by atoms with Gasteiger partial charge in [-0.2, -0.15) is 4.31 Å². The second-order valence-corrected chi connectivity index (χ2v) is 9.89. The van der Waals surface area contributed by atoms with Crippen molar-refractivity contribution in [1.82, 2.24) is 14.9 Å². The molecule has 0 radical (unpaired) electrons. The van der Waals surface area contributed by atoms with E-state index in [2.05, 4.69) is 10.6 Å². The lowest BCUT2D eigenvalue weighted by Crippen LogP contribution is -2.51. The Morgan fingerprint density at radius 3 is 2.12 bits per heavy atom. The van der Waals surface area contributed by atoms with Gasteiger partial charge in [0.2, 0.25) is 10.0 Å². The number of sulfonamides is 1. The highest BCUT2D eigenvalue weighted by atomic mass is 32.2. The van der Waals surface area contributed by atoms with Crippen LogP contribution in [0.3, 0.4) is 0 Å². The molecule has 4 rings (SSSR count). The molecular weight excluding hydrogens is 469 g/mol. The van der Waals surface area contributed by atoms with Gasteiger partial charge >= 0.3 is 0 Å². The van der Waals surface area contributed by atoms with Gasteiger partial charge in [0.1, 0.15) is 23.2 Å². The number of rotatable bonds is 5. The predicted octanol–water partition coefficient (Wildman–Crippen LogP) is 1.97. The monoisotopic (exact) mass is 489 g/mol. The van der Waals surface area contributed by atoms with Crippen molar-refractivity contribution in [2.75, 3.05) is 13.1 Å². The summed E-state index contributed by atoms with van der Waals surface area (Å²) in [6.45, 7) is 0.585. The lowest BCUT2D eigenvalue weighted by atomic mass is 10.1. The maximum absolute atomic E-state index is 13.1. The van der Waals surface area contributed by atoms with Gasteiger partial charge in [0, 0.05) is 13.1 Å². The largest absolute Gasteiger partial charge is 0.490 e. The Bertz CT molecular complexity index is 1200. The van der Waals surface area contributed by atoms with Gasteiger partial charge < -0.3 is 4.74 Å². The fraction of sp³-hybridized carbons (Fsp3) is 0.227. The number of benzene rings is 2. The average Bonchev–Trinajstić information content (AvgIpc) is 2.78. The molecule has 2 aliphatic rings. The highest BCUT2D eigenvalue weighted by molar-refractivity contribution is 7.89. The van der Waals surface area contributed by atoms with Crippen molar-refractivity contribution >= 4 is 45.2 Å². The van der Waals surface area contributed by atoms with Gasteiger partial charge in [-0.25, -0.2) is 12.8 Å². The summed E-state index contributed by atoms with van der Waals surface area (Å²) in [6.07, 6.45) is 2.30. The number of carbonyl (C=O) groups excluding carboxylic acids is 2. The first kappa shape index (κ1) is 23.0. The number of nitrogens with zero attached hydrogens (tertiary/aromatic N) is 1. The van der Waals surface area contributed by atoms with Gasteiger partial charge in [-0.15, -0.1) is 0 Å². The van der Waals surface area contributed by atoms with E-state index in [1.807, 2.05) is 0 Å². The minimum atomic E-state index is -3.68. The van der Waals surface area contributed by atoms with Crippen LogP contribution in [0.1, 0.15) is 18.4 Å². The third-order valence-electron chi connectivity index (χ3n) is 5.29. The van der Waals surface area contributed by atoms with Crippen LogP contribution < -0.4 is 15.4 Å². The molecule has 11 heteroatoms. The number of hydrogen-bond acceptors (Lipinski definition) is 6. The van der Waals surface area contributed by atoms with Crippen molar-refractivity contribution in [2.24, 2.45) is 0 Å². The van der Waals surface area contributed by atoms with Gasteiger partial charge in [0.15, 0.2) is 5.11 Å². The number of halogens is 1. The smallest absolute Gasteiger partial charge is 0.263 e. The Morgan fingerprint density at radius 1 is 0.970 bits per heavy atom. The molecule has 33 heavy (non-hydrogen) atoms. The van der Waals surface area contributed by atoms with Crippen LogP contribution in [0.5, 0.6) is 5.75 Å². The highest BCUT2D eigenvalue weighted by Crippen LogP contribution is 2.24. The summed E-state index contributed by atoms with van der Waals surface area (Å²) in [5.41, 5.74) is 0.586. The fourth-order valence-electron chi connectivity index (χ4n) is 3.55. The first-order valence-corrected chi connectivity index (χ1v) is 12.0. The maximum atomic E-state index is 13.1. The Kier molecular flexibility index (Phi) is 6.54. The summed E-state index contributed by atoms with van der Waals surface area (Å²) in [5.74, 6) is -1.02. The second-order valence-electron chi connectivity index (χ2n) is 7.54. The van der Waals surface area contributed by atoms with Crippen molar-refractivity contribution in [3.8, 4) is 5.75 Å². The summed E-state index contributed by atoms with van der Waals surface area (Å²) in [6, 6.07) is 11.6. The number of piperidine rings is 1. The Morgan fingerprint density at radius 2 is 1.55 bits per heavy atom. The van der Waals surface area contributed by atoms with Crippen LogP contribution in [0.15, 0.2) is 59.0 Å². The zero-order valence-electron chi connectivity index (χ0n) is 17.3. The first-order valence-electron chi connectivity index (χ1n) is 10.1. The number of ether oxygens (including phenoxy) is 1. The molecule has 2 fully saturated rings. The lowest BCUT2D eigenvalue weighted by molar-refractivity contribution is -0.123. The van der Waals surface area contributed by atoms with Crippen LogP contribution in [0.25, 0.3) is 6.08 Å². The van der Waals surface area contributed by atoms with E-state index in [-0.39, 0.29) is 21.7 Å². The molecule has 172 valence electrons. The van der Waals surface area contributed by atoms with Crippen molar-refractivity contribution in [3.63, 3.8) is 0 Å². The molecule has 0 spiro atoms. The van der Waals surface area contributed by atoms with E-state index in [1.54, 1.807) is 24.3 Å². The minimum absolute atomic E-state index is 0.0255. The number of carbonyl (C=O) groups is 2.